The maximum atomic E-state index is 13.4. The predicted molar refractivity (Wildman–Crippen MR) is 114 cm³/mol. The fraction of sp³-hybridized carbons (Fsp3) is 0.286. The van der Waals surface area contributed by atoms with Crippen molar-refractivity contribution in [2.45, 2.75) is 23.8 Å². The standard InChI is InChI=1S/C21H23ClN2O4S/c1-4-13-24(16-7-9-17(28-3)10-8-16)29(26,27)18-11-12-20(22)19(14-18)21(25)23(2)15-5-6-15/h4,7-12,14-15H,1,5-6,13H2,2-3H3. The molecule has 6 nitrogen and oxygen atoms in total. The summed E-state index contributed by atoms with van der Waals surface area (Å²) < 4.78 is 33.1. The summed E-state index contributed by atoms with van der Waals surface area (Å²) in [5.41, 5.74) is 0.638. The molecule has 8 heteroatoms. The fourth-order valence-corrected chi connectivity index (χ4v) is 4.64. The van der Waals surface area contributed by atoms with Crippen molar-refractivity contribution in [3.63, 3.8) is 0 Å². The monoisotopic (exact) mass is 434 g/mol. The highest BCUT2D eigenvalue weighted by atomic mass is 35.5. The number of anilines is 1. The summed E-state index contributed by atoms with van der Waals surface area (Å²) in [5.74, 6) is 0.335. The molecule has 0 bridgehead atoms. The minimum atomic E-state index is -3.95. The van der Waals surface area contributed by atoms with E-state index in [0.717, 1.165) is 12.8 Å². The van der Waals surface area contributed by atoms with E-state index in [2.05, 4.69) is 6.58 Å². The van der Waals surface area contributed by atoms with Gasteiger partial charge in [-0.3, -0.25) is 9.10 Å². The third-order valence-electron chi connectivity index (χ3n) is 4.83. The molecule has 0 aliphatic heterocycles. The van der Waals surface area contributed by atoms with Crippen molar-refractivity contribution in [3.8, 4) is 5.75 Å². The summed E-state index contributed by atoms with van der Waals surface area (Å²) in [4.78, 5) is 14.4. The SMILES string of the molecule is C=CCN(c1ccc(OC)cc1)S(=O)(=O)c1ccc(Cl)c(C(=O)N(C)C2CC2)c1. The van der Waals surface area contributed by atoms with E-state index in [-0.39, 0.29) is 34.0 Å². The molecule has 0 saturated heterocycles. The van der Waals surface area contributed by atoms with E-state index < -0.39 is 10.0 Å². The molecule has 0 atom stereocenters. The van der Waals surface area contributed by atoms with E-state index in [0.29, 0.717) is 11.4 Å². The van der Waals surface area contributed by atoms with Crippen LogP contribution in [0.4, 0.5) is 5.69 Å². The van der Waals surface area contributed by atoms with E-state index >= 15 is 0 Å². The Balaban J connectivity index is 2.00. The molecule has 0 aromatic heterocycles. The molecule has 2 aromatic carbocycles. The van der Waals surface area contributed by atoms with Crippen molar-refractivity contribution >= 4 is 33.2 Å². The van der Waals surface area contributed by atoms with Gasteiger partial charge in [-0.2, -0.15) is 0 Å². The lowest BCUT2D eigenvalue weighted by atomic mass is 10.2. The number of sulfonamides is 1. The van der Waals surface area contributed by atoms with Crippen molar-refractivity contribution < 1.29 is 17.9 Å². The normalized spacial score (nSPS) is 13.6. The Morgan fingerprint density at radius 3 is 2.45 bits per heavy atom. The Labute approximate surface area is 176 Å². The molecule has 0 radical (unpaired) electrons. The second kappa shape index (κ2) is 8.47. The van der Waals surface area contributed by atoms with Crippen molar-refractivity contribution in [2.24, 2.45) is 0 Å². The van der Waals surface area contributed by atoms with Crippen molar-refractivity contribution in [2.75, 3.05) is 25.0 Å². The fourth-order valence-electron chi connectivity index (χ4n) is 2.98. The highest BCUT2D eigenvalue weighted by Gasteiger charge is 2.32. The quantitative estimate of drug-likeness (QED) is 0.590. The topological polar surface area (TPSA) is 66.9 Å². The number of benzene rings is 2. The van der Waals surface area contributed by atoms with Crippen LogP contribution in [0, 0.1) is 0 Å². The minimum Gasteiger partial charge on any atom is -0.497 e. The number of methoxy groups -OCH3 is 1. The zero-order valence-corrected chi connectivity index (χ0v) is 17.9. The van der Waals surface area contributed by atoms with Crippen LogP contribution >= 0.6 is 11.6 Å². The van der Waals surface area contributed by atoms with E-state index in [4.69, 9.17) is 16.3 Å². The van der Waals surface area contributed by atoms with Gasteiger partial charge < -0.3 is 9.64 Å². The maximum Gasteiger partial charge on any atom is 0.264 e. The third kappa shape index (κ3) is 4.41. The summed E-state index contributed by atoms with van der Waals surface area (Å²) in [5, 5.41) is 0.223. The van der Waals surface area contributed by atoms with E-state index in [1.807, 2.05) is 0 Å². The zero-order chi connectivity index (χ0) is 21.2. The van der Waals surface area contributed by atoms with Gasteiger partial charge in [-0.1, -0.05) is 17.7 Å². The molecule has 0 N–H and O–H groups in total. The molecule has 1 saturated carbocycles. The first-order valence-electron chi connectivity index (χ1n) is 9.14. The van der Waals surface area contributed by atoms with Gasteiger partial charge in [0.1, 0.15) is 5.75 Å². The summed E-state index contributed by atoms with van der Waals surface area (Å²) in [6, 6.07) is 11.1. The van der Waals surface area contributed by atoms with Crippen molar-refractivity contribution in [3.05, 3.63) is 65.7 Å². The van der Waals surface area contributed by atoms with Crippen LogP contribution in [0.1, 0.15) is 23.2 Å². The van der Waals surface area contributed by atoms with Gasteiger partial charge in [-0.15, -0.1) is 6.58 Å². The van der Waals surface area contributed by atoms with Crippen LogP contribution in [0.2, 0.25) is 5.02 Å². The molecule has 0 heterocycles. The highest BCUT2D eigenvalue weighted by Crippen LogP contribution is 2.31. The van der Waals surface area contributed by atoms with Gasteiger partial charge in [0.2, 0.25) is 0 Å². The number of amides is 1. The molecule has 1 fully saturated rings. The molecule has 0 unspecified atom stereocenters. The number of halogens is 1. The number of carbonyl (C=O) groups excluding carboxylic acids is 1. The minimum absolute atomic E-state index is 0.00730. The smallest absolute Gasteiger partial charge is 0.264 e. The lowest BCUT2D eigenvalue weighted by molar-refractivity contribution is 0.0785. The molecule has 2 aromatic rings. The Kier molecular flexibility index (Phi) is 6.19. The average Bonchev–Trinajstić information content (AvgIpc) is 3.56. The first kappa shape index (κ1) is 21.2. The largest absolute Gasteiger partial charge is 0.497 e. The number of hydrogen-bond donors (Lipinski definition) is 0. The second-order valence-electron chi connectivity index (χ2n) is 6.81. The molecule has 0 spiro atoms. The Morgan fingerprint density at radius 1 is 1.24 bits per heavy atom. The van der Waals surface area contributed by atoms with Gasteiger partial charge in [-0.25, -0.2) is 8.42 Å². The zero-order valence-electron chi connectivity index (χ0n) is 16.3. The van der Waals surface area contributed by atoms with E-state index in [1.54, 1.807) is 36.2 Å². The van der Waals surface area contributed by atoms with E-state index in [9.17, 15) is 13.2 Å². The third-order valence-corrected chi connectivity index (χ3v) is 6.95. The van der Waals surface area contributed by atoms with Gasteiger partial charge in [0.15, 0.2) is 0 Å². The van der Waals surface area contributed by atoms with Crippen LogP contribution in [0.25, 0.3) is 0 Å². The van der Waals surface area contributed by atoms with Crippen molar-refractivity contribution in [1.82, 2.24) is 4.90 Å². The average molecular weight is 435 g/mol. The lowest BCUT2D eigenvalue weighted by Gasteiger charge is -2.24. The Bertz CT molecular complexity index is 1020. The molecule has 1 aliphatic carbocycles. The van der Waals surface area contributed by atoms with Gasteiger partial charge in [0.25, 0.3) is 15.9 Å². The molecule has 3 rings (SSSR count). The first-order chi connectivity index (χ1) is 13.8. The van der Waals surface area contributed by atoms with Crippen LogP contribution in [-0.4, -0.2) is 46.0 Å². The van der Waals surface area contributed by atoms with Crippen LogP contribution in [0.15, 0.2) is 60.0 Å². The molecule has 154 valence electrons. The van der Waals surface area contributed by atoms with Crippen molar-refractivity contribution in [1.29, 1.82) is 0 Å². The number of ether oxygens (including phenoxy) is 1. The van der Waals surface area contributed by atoms with Gasteiger partial charge in [0, 0.05) is 13.1 Å². The van der Waals surface area contributed by atoms with Crippen LogP contribution in [-0.2, 0) is 10.0 Å². The number of rotatable bonds is 8. The summed E-state index contributed by atoms with van der Waals surface area (Å²) in [6.07, 6.45) is 3.40. The Hall–Kier alpha value is -2.51. The van der Waals surface area contributed by atoms with Gasteiger partial charge in [0.05, 0.1) is 34.8 Å². The first-order valence-corrected chi connectivity index (χ1v) is 11.0. The molecular formula is C21H23ClN2O4S. The molecule has 29 heavy (non-hydrogen) atoms. The van der Waals surface area contributed by atoms with Gasteiger partial charge >= 0.3 is 0 Å². The number of hydrogen-bond acceptors (Lipinski definition) is 4. The lowest BCUT2D eigenvalue weighted by Crippen LogP contribution is -2.32. The van der Waals surface area contributed by atoms with Gasteiger partial charge in [-0.05, 0) is 55.3 Å². The number of nitrogens with zero attached hydrogens (tertiary/aromatic N) is 2. The molecule has 1 aliphatic rings. The Morgan fingerprint density at radius 2 is 1.90 bits per heavy atom. The van der Waals surface area contributed by atoms with Crippen LogP contribution in [0.3, 0.4) is 0 Å². The summed E-state index contributed by atoms with van der Waals surface area (Å²) in [6.45, 7) is 3.74. The highest BCUT2D eigenvalue weighted by molar-refractivity contribution is 7.92. The van der Waals surface area contributed by atoms with Crippen LogP contribution < -0.4 is 9.04 Å². The number of carbonyl (C=O) groups is 1. The molecular weight excluding hydrogens is 412 g/mol. The predicted octanol–water partition coefficient (Wildman–Crippen LogP) is 3.96. The summed E-state index contributed by atoms with van der Waals surface area (Å²) in [7, 11) is -0.700. The van der Waals surface area contributed by atoms with E-state index in [1.165, 1.54) is 35.7 Å². The maximum absolute atomic E-state index is 13.4. The molecule has 1 amide bonds. The van der Waals surface area contributed by atoms with Crippen LogP contribution in [0.5, 0.6) is 5.75 Å². The second-order valence-corrected chi connectivity index (χ2v) is 9.08. The summed E-state index contributed by atoms with van der Waals surface area (Å²) >= 11 is 6.22.